The van der Waals surface area contributed by atoms with Crippen molar-refractivity contribution in [2.45, 2.75) is 20.0 Å². The van der Waals surface area contributed by atoms with Crippen LogP contribution in [-0.4, -0.2) is 19.2 Å². The summed E-state index contributed by atoms with van der Waals surface area (Å²) in [6.45, 7) is 3.48. The molecule has 0 radical (unpaired) electrons. The summed E-state index contributed by atoms with van der Waals surface area (Å²) in [5, 5.41) is 0. The first-order chi connectivity index (χ1) is 7.06. The fourth-order valence-electron chi connectivity index (χ4n) is 1.16. The van der Waals surface area contributed by atoms with Crippen LogP contribution >= 0.6 is 0 Å². The molecule has 4 nitrogen and oxygen atoms in total. The second-order valence-corrected chi connectivity index (χ2v) is 3.25. The largest absolute Gasteiger partial charge is 0.479 e. The van der Waals surface area contributed by atoms with E-state index in [9.17, 15) is 4.79 Å². The van der Waals surface area contributed by atoms with Crippen LogP contribution in [0.4, 0.5) is 5.69 Å². The maximum absolute atomic E-state index is 11.1. The summed E-state index contributed by atoms with van der Waals surface area (Å²) in [6, 6.07) is 5.33. The fourth-order valence-corrected chi connectivity index (χ4v) is 1.16. The number of benzene rings is 1. The van der Waals surface area contributed by atoms with Crippen molar-refractivity contribution in [1.29, 1.82) is 0 Å². The number of anilines is 1. The summed E-state index contributed by atoms with van der Waals surface area (Å²) < 4.78 is 9.98. The van der Waals surface area contributed by atoms with Crippen LogP contribution in [0.1, 0.15) is 12.5 Å². The molecule has 1 rings (SSSR count). The molecule has 0 spiro atoms. The number of ether oxygens (including phenoxy) is 2. The number of hydrogen-bond acceptors (Lipinski definition) is 4. The molecular weight excluding hydrogens is 194 g/mol. The maximum atomic E-state index is 11.1. The monoisotopic (exact) mass is 209 g/mol. The lowest BCUT2D eigenvalue weighted by Crippen LogP contribution is -2.25. The molecule has 0 unspecified atom stereocenters. The lowest BCUT2D eigenvalue weighted by molar-refractivity contribution is -0.147. The number of nitrogen functional groups attached to an aromatic ring is 1. The predicted octanol–water partition coefficient (Wildman–Crippen LogP) is 1.52. The minimum atomic E-state index is -0.629. The van der Waals surface area contributed by atoms with Crippen molar-refractivity contribution in [3.05, 3.63) is 23.8 Å². The second kappa shape index (κ2) is 4.68. The van der Waals surface area contributed by atoms with Crippen LogP contribution in [0.5, 0.6) is 5.75 Å². The van der Waals surface area contributed by atoms with Crippen LogP contribution < -0.4 is 10.5 Å². The number of hydrogen-bond donors (Lipinski definition) is 1. The number of rotatable bonds is 3. The van der Waals surface area contributed by atoms with Gasteiger partial charge in [-0.2, -0.15) is 0 Å². The Morgan fingerprint density at radius 1 is 1.47 bits per heavy atom. The number of nitrogens with two attached hydrogens (primary N) is 1. The maximum Gasteiger partial charge on any atom is 0.346 e. The van der Waals surface area contributed by atoms with Crippen molar-refractivity contribution in [3.8, 4) is 5.75 Å². The van der Waals surface area contributed by atoms with Gasteiger partial charge in [0.1, 0.15) is 5.75 Å². The number of carbonyl (C=O) groups excluding carboxylic acids is 1. The Bertz CT molecular complexity index is 363. The highest BCUT2D eigenvalue weighted by atomic mass is 16.6. The van der Waals surface area contributed by atoms with E-state index < -0.39 is 12.1 Å². The van der Waals surface area contributed by atoms with Gasteiger partial charge in [-0.05, 0) is 26.0 Å². The summed E-state index contributed by atoms with van der Waals surface area (Å²) in [7, 11) is 1.33. The zero-order valence-corrected chi connectivity index (χ0v) is 9.11. The summed E-state index contributed by atoms with van der Waals surface area (Å²) in [5.74, 6) is 0.199. The molecule has 0 aliphatic heterocycles. The van der Waals surface area contributed by atoms with E-state index in [1.54, 1.807) is 25.1 Å². The number of methoxy groups -OCH3 is 1. The van der Waals surface area contributed by atoms with Gasteiger partial charge in [0.2, 0.25) is 0 Å². The molecule has 15 heavy (non-hydrogen) atoms. The minimum absolute atomic E-state index is 0.406. The van der Waals surface area contributed by atoms with Gasteiger partial charge in [-0.25, -0.2) is 4.79 Å². The summed E-state index contributed by atoms with van der Waals surface area (Å²) >= 11 is 0. The lowest BCUT2D eigenvalue weighted by Gasteiger charge is -2.15. The first-order valence-electron chi connectivity index (χ1n) is 4.66. The third-order valence-corrected chi connectivity index (χ3v) is 2.16. The molecule has 0 heterocycles. The van der Waals surface area contributed by atoms with Crippen LogP contribution in [0.15, 0.2) is 18.2 Å². The highest BCUT2D eigenvalue weighted by molar-refractivity contribution is 5.74. The van der Waals surface area contributed by atoms with E-state index in [4.69, 9.17) is 10.5 Å². The highest BCUT2D eigenvalue weighted by Crippen LogP contribution is 2.23. The molecule has 0 bridgehead atoms. The van der Waals surface area contributed by atoms with E-state index in [2.05, 4.69) is 4.74 Å². The lowest BCUT2D eigenvalue weighted by atomic mass is 10.2. The van der Waals surface area contributed by atoms with Crippen molar-refractivity contribution in [3.63, 3.8) is 0 Å². The minimum Gasteiger partial charge on any atom is -0.479 e. The van der Waals surface area contributed by atoms with E-state index in [0.29, 0.717) is 11.4 Å². The average molecular weight is 209 g/mol. The first-order valence-corrected chi connectivity index (χ1v) is 4.66. The SMILES string of the molecule is COC(=O)[C@@H](C)Oc1cccc(N)c1C. The van der Waals surface area contributed by atoms with Crippen molar-refractivity contribution in [2.24, 2.45) is 0 Å². The van der Waals surface area contributed by atoms with Gasteiger partial charge < -0.3 is 15.2 Å². The van der Waals surface area contributed by atoms with Gasteiger partial charge in [-0.3, -0.25) is 0 Å². The van der Waals surface area contributed by atoms with E-state index in [0.717, 1.165) is 5.56 Å². The summed E-state index contributed by atoms with van der Waals surface area (Å²) in [5.41, 5.74) is 7.18. The zero-order valence-electron chi connectivity index (χ0n) is 9.11. The molecular formula is C11H15NO3. The molecule has 0 saturated heterocycles. The third-order valence-electron chi connectivity index (χ3n) is 2.16. The highest BCUT2D eigenvalue weighted by Gasteiger charge is 2.15. The van der Waals surface area contributed by atoms with Crippen LogP contribution in [0.25, 0.3) is 0 Å². The van der Waals surface area contributed by atoms with Gasteiger partial charge in [0.05, 0.1) is 7.11 Å². The molecule has 0 fully saturated rings. The van der Waals surface area contributed by atoms with Gasteiger partial charge in [0.15, 0.2) is 6.10 Å². The Morgan fingerprint density at radius 2 is 2.13 bits per heavy atom. The molecule has 0 aliphatic carbocycles. The van der Waals surface area contributed by atoms with Crippen LogP contribution in [-0.2, 0) is 9.53 Å². The van der Waals surface area contributed by atoms with Gasteiger partial charge in [0, 0.05) is 11.3 Å². The third kappa shape index (κ3) is 2.62. The molecule has 4 heteroatoms. The first kappa shape index (κ1) is 11.4. The number of esters is 1. The van der Waals surface area contributed by atoms with Crippen LogP contribution in [0.2, 0.25) is 0 Å². The molecule has 0 amide bonds. The van der Waals surface area contributed by atoms with Crippen molar-refractivity contribution >= 4 is 11.7 Å². The second-order valence-electron chi connectivity index (χ2n) is 3.25. The Labute approximate surface area is 89.0 Å². The molecule has 1 aromatic carbocycles. The topological polar surface area (TPSA) is 61.5 Å². The zero-order chi connectivity index (χ0) is 11.4. The smallest absolute Gasteiger partial charge is 0.346 e. The van der Waals surface area contributed by atoms with E-state index >= 15 is 0 Å². The van der Waals surface area contributed by atoms with Crippen molar-refractivity contribution in [2.75, 3.05) is 12.8 Å². The standard InChI is InChI=1S/C11H15NO3/c1-7-9(12)5-4-6-10(7)15-8(2)11(13)14-3/h4-6,8H,12H2,1-3H3/t8-/m1/s1. The van der Waals surface area contributed by atoms with Gasteiger partial charge in [0.25, 0.3) is 0 Å². The fraction of sp³-hybridized carbons (Fsp3) is 0.364. The van der Waals surface area contributed by atoms with Gasteiger partial charge in [-0.15, -0.1) is 0 Å². The molecule has 1 aromatic rings. The Balaban J connectivity index is 2.81. The average Bonchev–Trinajstić information content (AvgIpc) is 2.23. The van der Waals surface area contributed by atoms with Crippen molar-refractivity contribution < 1.29 is 14.3 Å². The Morgan fingerprint density at radius 3 is 2.73 bits per heavy atom. The molecule has 1 atom stereocenters. The Kier molecular flexibility index (Phi) is 3.55. The molecule has 82 valence electrons. The summed E-state index contributed by atoms with van der Waals surface area (Å²) in [4.78, 5) is 11.1. The molecule has 0 aromatic heterocycles. The van der Waals surface area contributed by atoms with Crippen LogP contribution in [0, 0.1) is 6.92 Å². The molecule has 0 saturated carbocycles. The quantitative estimate of drug-likeness (QED) is 0.605. The molecule has 0 aliphatic rings. The molecule has 2 N–H and O–H groups in total. The van der Waals surface area contributed by atoms with Crippen molar-refractivity contribution in [1.82, 2.24) is 0 Å². The Hall–Kier alpha value is -1.71. The van der Waals surface area contributed by atoms with Gasteiger partial charge >= 0.3 is 5.97 Å². The van der Waals surface area contributed by atoms with Gasteiger partial charge in [-0.1, -0.05) is 6.07 Å². The summed E-state index contributed by atoms with van der Waals surface area (Å²) in [6.07, 6.45) is -0.629. The number of carbonyl (C=O) groups is 1. The van der Waals surface area contributed by atoms with E-state index in [1.165, 1.54) is 7.11 Å². The normalized spacial score (nSPS) is 11.9. The predicted molar refractivity (Wildman–Crippen MR) is 57.7 cm³/mol. The van der Waals surface area contributed by atoms with E-state index in [-0.39, 0.29) is 0 Å². The van der Waals surface area contributed by atoms with Crippen LogP contribution in [0.3, 0.4) is 0 Å². The van der Waals surface area contributed by atoms with E-state index in [1.807, 2.05) is 6.92 Å².